The molecule has 0 fully saturated rings. The standard InChI is InChI=1S/C18H29NO5S/c1-16(2,3)11-10-12(17(4,5)6)15(25(22,23)24)13(18(7,8)9)14(11)19(20)21/h10H,1-9H3,(H,22,23,24)/p-1. The fraction of sp³-hybridized carbons (Fsp3) is 0.667. The minimum atomic E-state index is -4.90. The molecular weight excluding hydrogens is 342 g/mol. The first kappa shape index (κ1) is 21.6. The first-order valence-corrected chi connectivity index (χ1v) is 9.53. The molecular formula is C18H28NO5S-. The van der Waals surface area contributed by atoms with Crippen LogP contribution in [0.5, 0.6) is 0 Å². The highest BCUT2D eigenvalue weighted by Crippen LogP contribution is 2.46. The molecule has 0 aliphatic carbocycles. The minimum Gasteiger partial charge on any atom is -0.744 e. The molecule has 1 rings (SSSR count). The molecule has 0 saturated heterocycles. The van der Waals surface area contributed by atoms with Gasteiger partial charge in [0.25, 0.3) is 5.69 Å². The van der Waals surface area contributed by atoms with Gasteiger partial charge in [0.1, 0.15) is 10.1 Å². The van der Waals surface area contributed by atoms with Crippen molar-refractivity contribution in [3.8, 4) is 0 Å². The third-order valence-electron chi connectivity index (χ3n) is 4.05. The predicted octanol–water partition coefficient (Wildman–Crippen LogP) is 4.39. The summed E-state index contributed by atoms with van der Waals surface area (Å²) >= 11 is 0. The van der Waals surface area contributed by atoms with E-state index in [-0.39, 0.29) is 11.3 Å². The van der Waals surface area contributed by atoms with Crippen LogP contribution in [0.2, 0.25) is 0 Å². The maximum Gasteiger partial charge on any atom is 0.278 e. The first-order valence-electron chi connectivity index (χ1n) is 8.12. The Bertz CT molecular complexity index is 804. The Morgan fingerprint density at radius 3 is 1.48 bits per heavy atom. The van der Waals surface area contributed by atoms with Gasteiger partial charge in [-0.15, -0.1) is 0 Å². The van der Waals surface area contributed by atoms with Gasteiger partial charge in [-0.3, -0.25) is 10.1 Å². The van der Waals surface area contributed by atoms with Crippen LogP contribution in [0.4, 0.5) is 5.69 Å². The lowest BCUT2D eigenvalue weighted by Crippen LogP contribution is -2.28. The van der Waals surface area contributed by atoms with E-state index in [0.29, 0.717) is 11.1 Å². The number of nitro benzene ring substituents is 1. The van der Waals surface area contributed by atoms with Gasteiger partial charge in [-0.05, 0) is 27.9 Å². The summed E-state index contributed by atoms with van der Waals surface area (Å²) in [7, 11) is -4.90. The maximum atomic E-state index is 12.1. The van der Waals surface area contributed by atoms with Gasteiger partial charge in [0, 0.05) is 5.56 Å². The van der Waals surface area contributed by atoms with E-state index in [1.165, 1.54) is 6.07 Å². The van der Waals surface area contributed by atoms with Gasteiger partial charge in [0.2, 0.25) is 0 Å². The molecule has 0 amide bonds. The molecule has 25 heavy (non-hydrogen) atoms. The van der Waals surface area contributed by atoms with Gasteiger partial charge in [0.05, 0.1) is 15.4 Å². The van der Waals surface area contributed by atoms with E-state index in [2.05, 4.69) is 0 Å². The van der Waals surface area contributed by atoms with Gasteiger partial charge < -0.3 is 4.55 Å². The molecule has 0 aliphatic rings. The third kappa shape index (κ3) is 4.39. The molecule has 0 saturated carbocycles. The Kier molecular flexibility index (Phi) is 5.22. The lowest BCUT2D eigenvalue weighted by molar-refractivity contribution is -0.387. The van der Waals surface area contributed by atoms with Crippen LogP contribution in [-0.4, -0.2) is 17.9 Å². The van der Waals surface area contributed by atoms with Crippen LogP contribution >= 0.6 is 0 Å². The van der Waals surface area contributed by atoms with Crippen molar-refractivity contribution in [1.29, 1.82) is 0 Å². The zero-order chi connectivity index (χ0) is 20.2. The summed E-state index contributed by atoms with van der Waals surface area (Å²) in [6.45, 7) is 15.9. The molecule has 0 atom stereocenters. The van der Waals surface area contributed by atoms with Gasteiger partial charge in [0.15, 0.2) is 0 Å². The average Bonchev–Trinajstić information content (AvgIpc) is 2.31. The molecule has 0 heterocycles. The molecule has 1 aromatic carbocycles. The van der Waals surface area contributed by atoms with Gasteiger partial charge in [-0.2, -0.15) is 0 Å². The molecule has 0 radical (unpaired) electrons. The fourth-order valence-electron chi connectivity index (χ4n) is 2.93. The summed E-state index contributed by atoms with van der Waals surface area (Å²) in [5.74, 6) is 0. The SMILES string of the molecule is CC(C)(C)c1cc(C(C)(C)C)c(S(=O)(=O)[O-])c(C(C)(C)C)c1[N+](=O)[O-]. The zero-order valence-electron chi connectivity index (χ0n) is 16.5. The quantitative estimate of drug-likeness (QED) is 0.436. The van der Waals surface area contributed by atoms with Crippen molar-refractivity contribution in [1.82, 2.24) is 0 Å². The van der Waals surface area contributed by atoms with Gasteiger partial charge in [-0.1, -0.05) is 62.3 Å². The summed E-state index contributed by atoms with van der Waals surface area (Å²) in [5, 5.41) is 11.9. The van der Waals surface area contributed by atoms with Crippen molar-refractivity contribution in [2.45, 2.75) is 83.5 Å². The van der Waals surface area contributed by atoms with E-state index in [4.69, 9.17) is 0 Å². The number of nitrogens with zero attached hydrogens (tertiary/aromatic N) is 1. The normalized spacial score (nSPS) is 13.8. The van der Waals surface area contributed by atoms with E-state index in [1.807, 2.05) is 20.8 Å². The van der Waals surface area contributed by atoms with Crippen LogP contribution in [0.3, 0.4) is 0 Å². The summed E-state index contributed by atoms with van der Waals surface area (Å²) in [5.41, 5.74) is -1.68. The Morgan fingerprint density at radius 2 is 1.24 bits per heavy atom. The summed E-state index contributed by atoms with van der Waals surface area (Å²) in [6.07, 6.45) is 0. The average molecular weight is 370 g/mol. The smallest absolute Gasteiger partial charge is 0.278 e. The van der Waals surface area contributed by atoms with Gasteiger partial charge >= 0.3 is 0 Å². The summed E-state index contributed by atoms with van der Waals surface area (Å²) < 4.78 is 36.4. The Hall–Kier alpha value is -1.47. The summed E-state index contributed by atoms with van der Waals surface area (Å²) in [6, 6.07) is 1.53. The van der Waals surface area contributed by atoms with Crippen molar-refractivity contribution in [3.63, 3.8) is 0 Å². The molecule has 1 aromatic rings. The molecule has 0 aliphatic heterocycles. The highest BCUT2D eigenvalue weighted by Gasteiger charge is 2.40. The lowest BCUT2D eigenvalue weighted by atomic mass is 9.74. The van der Waals surface area contributed by atoms with Crippen LogP contribution < -0.4 is 0 Å². The predicted molar refractivity (Wildman–Crippen MR) is 97.2 cm³/mol. The monoisotopic (exact) mass is 370 g/mol. The first-order chi connectivity index (χ1) is 10.8. The number of hydrogen-bond donors (Lipinski definition) is 0. The van der Waals surface area contributed by atoms with Crippen molar-refractivity contribution in [3.05, 3.63) is 32.9 Å². The largest absolute Gasteiger partial charge is 0.744 e. The van der Waals surface area contributed by atoms with Crippen molar-refractivity contribution in [2.75, 3.05) is 0 Å². The van der Waals surface area contributed by atoms with E-state index < -0.39 is 36.2 Å². The van der Waals surface area contributed by atoms with Crippen molar-refractivity contribution < 1.29 is 17.9 Å². The van der Waals surface area contributed by atoms with Crippen molar-refractivity contribution in [2.24, 2.45) is 0 Å². The van der Waals surface area contributed by atoms with Gasteiger partial charge in [-0.25, -0.2) is 8.42 Å². The molecule has 0 N–H and O–H groups in total. The highest BCUT2D eigenvalue weighted by atomic mass is 32.2. The second-order valence-electron chi connectivity index (χ2n) is 9.49. The van der Waals surface area contributed by atoms with Crippen LogP contribution in [0.25, 0.3) is 0 Å². The number of rotatable bonds is 2. The molecule has 142 valence electrons. The second-order valence-corrected chi connectivity index (χ2v) is 10.8. The molecule has 0 unspecified atom stereocenters. The second kappa shape index (κ2) is 6.06. The fourth-order valence-corrected chi connectivity index (χ4v) is 4.22. The van der Waals surface area contributed by atoms with E-state index in [0.717, 1.165) is 0 Å². The molecule has 7 heteroatoms. The maximum absolute atomic E-state index is 12.1. The highest BCUT2D eigenvalue weighted by molar-refractivity contribution is 7.85. The minimum absolute atomic E-state index is 0.00940. The van der Waals surface area contributed by atoms with E-state index >= 15 is 0 Å². The Morgan fingerprint density at radius 1 is 0.840 bits per heavy atom. The zero-order valence-corrected chi connectivity index (χ0v) is 17.3. The van der Waals surface area contributed by atoms with Crippen molar-refractivity contribution >= 4 is 15.8 Å². The molecule has 0 aromatic heterocycles. The molecule has 0 bridgehead atoms. The number of hydrogen-bond acceptors (Lipinski definition) is 5. The number of nitro groups is 1. The topological polar surface area (TPSA) is 100 Å². The van der Waals surface area contributed by atoms with E-state index in [1.54, 1.807) is 41.5 Å². The molecule has 6 nitrogen and oxygen atoms in total. The van der Waals surface area contributed by atoms with Crippen LogP contribution in [0.15, 0.2) is 11.0 Å². The molecule has 0 spiro atoms. The summed E-state index contributed by atoms with van der Waals surface area (Å²) in [4.78, 5) is 10.9. The lowest BCUT2D eigenvalue weighted by Gasteiger charge is -2.33. The Balaban J connectivity index is 4.43. The van der Waals surface area contributed by atoms with Crippen LogP contribution in [0, 0.1) is 10.1 Å². The van der Waals surface area contributed by atoms with Crippen LogP contribution in [0.1, 0.15) is 79.0 Å². The van der Waals surface area contributed by atoms with Crippen LogP contribution in [-0.2, 0) is 26.4 Å². The Labute approximate surface area is 150 Å². The number of benzene rings is 1. The van der Waals surface area contributed by atoms with E-state index in [9.17, 15) is 23.1 Å². The third-order valence-corrected chi connectivity index (χ3v) is 4.97.